The minimum atomic E-state index is -0.705. The molecule has 0 amide bonds. The topological polar surface area (TPSA) is 82.9 Å². The number of rotatable bonds is 10. The van der Waals surface area contributed by atoms with E-state index in [1.165, 1.54) is 32.1 Å². The van der Waals surface area contributed by atoms with Gasteiger partial charge in [0, 0.05) is 35.7 Å². The van der Waals surface area contributed by atoms with Crippen molar-refractivity contribution in [3.8, 4) is 5.75 Å². The molecule has 1 unspecified atom stereocenters. The molecule has 4 rings (SSSR count). The Kier molecular flexibility index (Phi) is 9.09. The van der Waals surface area contributed by atoms with Crippen LogP contribution in [0.5, 0.6) is 5.75 Å². The van der Waals surface area contributed by atoms with E-state index in [0.29, 0.717) is 19.4 Å². The third-order valence-corrected chi connectivity index (χ3v) is 8.98. The van der Waals surface area contributed by atoms with E-state index in [9.17, 15) is 15.0 Å². The molecule has 1 aliphatic heterocycles. The maximum Gasteiger partial charge on any atom is 0.308 e. The van der Waals surface area contributed by atoms with Crippen LogP contribution >= 0.6 is 11.8 Å². The minimum absolute atomic E-state index is 0.0945. The third kappa shape index (κ3) is 6.43. The largest absolute Gasteiger partial charge is 0.497 e. The van der Waals surface area contributed by atoms with Gasteiger partial charge >= 0.3 is 5.97 Å². The first kappa shape index (κ1) is 25.3. The van der Waals surface area contributed by atoms with E-state index >= 15 is 0 Å². The quantitative estimate of drug-likeness (QED) is 0.481. The Morgan fingerprint density at radius 1 is 1.24 bits per heavy atom. The second kappa shape index (κ2) is 12.2. The molecule has 7 heteroatoms. The smallest absolute Gasteiger partial charge is 0.308 e. The van der Waals surface area contributed by atoms with Crippen molar-refractivity contribution in [2.45, 2.75) is 62.7 Å². The fraction of sp³-hybridized carbons (Fsp3) is 0.630. The summed E-state index contributed by atoms with van der Waals surface area (Å²) in [5.74, 6) is 0.850. The van der Waals surface area contributed by atoms with Gasteiger partial charge in [-0.25, -0.2) is 0 Å². The number of methoxy groups -OCH3 is 1. The maximum absolute atomic E-state index is 12.1. The Morgan fingerprint density at radius 2 is 2.06 bits per heavy atom. The number of piperidine rings is 1. The van der Waals surface area contributed by atoms with E-state index in [1.54, 1.807) is 13.3 Å². The molecule has 0 bridgehead atoms. The van der Waals surface area contributed by atoms with Crippen LogP contribution in [0.3, 0.4) is 0 Å². The molecule has 2 heterocycles. The van der Waals surface area contributed by atoms with Gasteiger partial charge in [-0.1, -0.05) is 19.3 Å². The number of thioether (sulfide) groups is 1. The number of aliphatic hydroxyl groups is 1. The molecule has 3 atom stereocenters. The molecule has 2 N–H and O–H groups in total. The number of nitrogens with zero attached hydrogens (tertiary/aromatic N) is 2. The highest BCUT2D eigenvalue weighted by Gasteiger charge is 2.34. The molecule has 2 aliphatic rings. The third-order valence-electron chi connectivity index (χ3n) is 7.62. The van der Waals surface area contributed by atoms with Gasteiger partial charge in [-0.3, -0.25) is 9.78 Å². The van der Waals surface area contributed by atoms with Gasteiger partial charge in [0.15, 0.2) is 0 Å². The van der Waals surface area contributed by atoms with Gasteiger partial charge in [-0.05, 0) is 74.4 Å². The number of aromatic nitrogens is 1. The number of hydrogen-bond acceptors (Lipinski definition) is 6. The van der Waals surface area contributed by atoms with Crippen molar-refractivity contribution in [2.75, 3.05) is 32.5 Å². The van der Waals surface area contributed by atoms with Crippen molar-refractivity contribution in [2.24, 2.45) is 11.8 Å². The molecule has 1 aromatic carbocycles. The van der Waals surface area contributed by atoms with Crippen molar-refractivity contribution in [3.63, 3.8) is 0 Å². The van der Waals surface area contributed by atoms with Crippen molar-refractivity contribution < 1.29 is 19.7 Å². The van der Waals surface area contributed by atoms with Crippen LogP contribution in [0.15, 0.2) is 30.5 Å². The average Bonchev–Trinajstić information content (AvgIpc) is 2.87. The summed E-state index contributed by atoms with van der Waals surface area (Å²) in [7, 11) is 1.63. The second-order valence-corrected chi connectivity index (χ2v) is 11.2. The lowest BCUT2D eigenvalue weighted by atomic mass is 9.81. The van der Waals surface area contributed by atoms with E-state index in [2.05, 4.69) is 21.6 Å². The standard InChI is InChI=1S/C27H38N2O4S/c1-33-20-8-9-25-23(17-20)22(11-13-28-25)26(30)10-7-19-12-14-29(18-24(19)27(31)32)15-16-34-21-5-3-2-4-6-21/h8-9,11,13,17,19,21,24,26,30H,2-7,10,12,14-16,18H2,1H3,(H,31,32)/t19-,24+,26?/m1/s1. The fourth-order valence-electron chi connectivity index (χ4n) is 5.57. The Labute approximate surface area is 207 Å². The Balaban J connectivity index is 1.31. The normalized spacial score (nSPS) is 23.1. The van der Waals surface area contributed by atoms with Gasteiger partial charge in [0.05, 0.1) is 24.6 Å². The number of carboxylic acid groups (broad SMARTS) is 1. The predicted molar refractivity (Wildman–Crippen MR) is 137 cm³/mol. The summed E-state index contributed by atoms with van der Waals surface area (Å²) in [6.07, 6.45) is 9.97. The van der Waals surface area contributed by atoms with E-state index in [-0.39, 0.29) is 11.8 Å². The van der Waals surface area contributed by atoms with Crippen LogP contribution in [-0.4, -0.2) is 63.8 Å². The summed E-state index contributed by atoms with van der Waals surface area (Å²) < 4.78 is 5.34. The number of fused-ring (bicyclic) bond motifs is 1. The summed E-state index contributed by atoms with van der Waals surface area (Å²) in [5.41, 5.74) is 1.65. The number of hydrogen-bond donors (Lipinski definition) is 2. The van der Waals surface area contributed by atoms with Crippen molar-refractivity contribution in [1.82, 2.24) is 9.88 Å². The molecule has 34 heavy (non-hydrogen) atoms. The summed E-state index contributed by atoms with van der Waals surface area (Å²) in [5, 5.41) is 22.6. The maximum atomic E-state index is 12.1. The molecule has 186 valence electrons. The number of aliphatic hydroxyl groups excluding tert-OH is 1. The van der Waals surface area contributed by atoms with Crippen LogP contribution in [0.1, 0.15) is 63.0 Å². The first-order chi connectivity index (χ1) is 16.5. The zero-order valence-electron chi connectivity index (χ0n) is 20.2. The Bertz CT molecular complexity index is 949. The van der Waals surface area contributed by atoms with E-state index in [4.69, 9.17) is 4.74 Å². The molecular formula is C27H38N2O4S. The first-order valence-electron chi connectivity index (χ1n) is 12.7. The highest BCUT2D eigenvalue weighted by Crippen LogP contribution is 2.34. The second-order valence-electron chi connectivity index (χ2n) is 9.80. The first-order valence-corrected chi connectivity index (χ1v) is 13.8. The fourth-order valence-corrected chi connectivity index (χ4v) is 6.93. The number of pyridine rings is 1. The molecule has 0 spiro atoms. The number of carbonyl (C=O) groups is 1. The highest BCUT2D eigenvalue weighted by molar-refractivity contribution is 7.99. The predicted octanol–water partition coefficient (Wildman–Crippen LogP) is 5.15. The highest BCUT2D eigenvalue weighted by atomic mass is 32.2. The van der Waals surface area contributed by atoms with E-state index < -0.39 is 12.1 Å². The number of benzene rings is 1. The molecule has 0 radical (unpaired) electrons. The number of aliphatic carboxylic acids is 1. The summed E-state index contributed by atoms with van der Waals surface area (Å²) >= 11 is 2.08. The average molecular weight is 487 g/mol. The molecule has 2 aromatic rings. The molecule has 1 aromatic heterocycles. The minimum Gasteiger partial charge on any atom is -0.497 e. The lowest BCUT2D eigenvalue weighted by Crippen LogP contribution is -2.44. The summed E-state index contributed by atoms with van der Waals surface area (Å²) in [4.78, 5) is 18.8. The zero-order chi connectivity index (χ0) is 23.9. The number of carboxylic acids is 1. The van der Waals surface area contributed by atoms with Gasteiger partial charge in [-0.2, -0.15) is 11.8 Å². The molecule has 2 fully saturated rings. The van der Waals surface area contributed by atoms with Gasteiger partial charge < -0.3 is 19.8 Å². The molecule has 6 nitrogen and oxygen atoms in total. The monoisotopic (exact) mass is 486 g/mol. The van der Waals surface area contributed by atoms with Crippen LogP contribution in [0.4, 0.5) is 0 Å². The number of likely N-dealkylation sites (tertiary alicyclic amines) is 1. The lowest BCUT2D eigenvalue weighted by molar-refractivity contribution is -0.146. The van der Waals surface area contributed by atoms with Gasteiger partial charge in [-0.15, -0.1) is 0 Å². The molecular weight excluding hydrogens is 448 g/mol. The van der Waals surface area contributed by atoms with Crippen molar-refractivity contribution in [1.29, 1.82) is 0 Å². The molecule has 1 saturated heterocycles. The lowest BCUT2D eigenvalue weighted by Gasteiger charge is -2.37. The summed E-state index contributed by atoms with van der Waals surface area (Å²) in [6, 6.07) is 7.52. The van der Waals surface area contributed by atoms with Gasteiger partial charge in [0.25, 0.3) is 0 Å². The molecule has 1 saturated carbocycles. The SMILES string of the molecule is COc1ccc2nccc(C(O)CC[C@@H]3CCN(CCSC4CCCCC4)C[C@@H]3C(=O)O)c2c1. The zero-order valence-corrected chi connectivity index (χ0v) is 21.0. The van der Waals surface area contributed by atoms with Crippen LogP contribution in [-0.2, 0) is 4.79 Å². The van der Waals surface area contributed by atoms with Gasteiger partial charge in [0.1, 0.15) is 5.75 Å². The van der Waals surface area contributed by atoms with Crippen LogP contribution < -0.4 is 4.74 Å². The van der Waals surface area contributed by atoms with Crippen LogP contribution in [0.2, 0.25) is 0 Å². The van der Waals surface area contributed by atoms with Crippen molar-refractivity contribution in [3.05, 3.63) is 36.0 Å². The summed E-state index contributed by atoms with van der Waals surface area (Å²) in [6.45, 7) is 2.55. The van der Waals surface area contributed by atoms with Crippen LogP contribution in [0, 0.1) is 11.8 Å². The van der Waals surface area contributed by atoms with Crippen LogP contribution in [0.25, 0.3) is 10.9 Å². The Hall–Kier alpha value is -1.83. The molecule has 1 aliphatic carbocycles. The van der Waals surface area contributed by atoms with E-state index in [0.717, 1.165) is 52.7 Å². The van der Waals surface area contributed by atoms with E-state index in [1.807, 2.05) is 24.3 Å². The van der Waals surface area contributed by atoms with Gasteiger partial charge in [0.2, 0.25) is 0 Å². The Morgan fingerprint density at radius 3 is 2.82 bits per heavy atom. The van der Waals surface area contributed by atoms with Crippen molar-refractivity contribution >= 4 is 28.6 Å². The number of ether oxygens (including phenoxy) is 1.